The molecule has 0 amide bonds. The molecule has 0 radical (unpaired) electrons. The summed E-state index contributed by atoms with van der Waals surface area (Å²) in [6, 6.07) is 1.90. The highest BCUT2D eigenvalue weighted by Gasteiger charge is 2.23. The van der Waals surface area contributed by atoms with Crippen LogP contribution in [0.2, 0.25) is 0 Å². The van der Waals surface area contributed by atoms with Crippen LogP contribution in [0, 0.1) is 11.6 Å². The van der Waals surface area contributed by atoms with Crippen molar-refractivity contribution in [1.29, 1.82) is 0 Å². The first kappa shape index (κ1) is 16.6. The number of sulfone groups is 1. The number of esters is 1. The van der Waals surface area contributed by atoms with Gasteiger partial charge in [-0.05, 0) is 19.4 Å². The maximum atomic E-state index is 14.1. The lowest BCUT2D eigenvalue weighted by Crippen LogP contribution is -2.15. The summed E-state index contributed by atoms with van der Waals surface area (Å²) < 4.78 is 55.5. The fourth-order valence-electron chi connectivity index (χ4n) is 1.72. The Labute approximate surface area is 116 Å². The van der Waals surface area contributed by atoms with Crippen molar-refractivity contribution in [2.24, 2.45) is 0 Å². The van der Waals surface area contributed by atoms with Crippen molar-refractivity contribution >= 4 is 15.8 Å². The number of carbonyl (C=O) groups excluding carboxylic acids is 1. The highest BCUT2D eigenvalue weighted by Crippen LogP contribution is 2.20. The minimum absolute atomic E-state index is 0.0317. The number of rotatable bonds is 6. The highest BCUT2D eigenvalue weighted by atomic mass is 32.2. The van der Waals surface area contributed by atoms with Gasteiger partial charge in [-0.3, -0.25) is 0 Å². The average molecular weight is 306 g/mol. The van der Waals surface area contributed by atoms with E-state index in [2.05, 4.69) is 4.74 Å². The van der Waals surface area contributed by atoms with E-state index in [-0.39, 0.29) is 17.9 Å². The highest BCUT2D eigenvalue weighted by molar-refractivity contribution is 7.90. The van der Waals surface area contributed by atoms with Crippen LogP contribution in [-0.4, -0.2) is 26.7 Å². The molecule has 0 unspecified atom stereocenters. The predicted molar refractivity (Wildman–Crippen MR) is 70.1 cm³/mol. The molecule has 0 N–H and O–H groups in total. The molecule has 0 bridgehead atoms. The molecule has 112 valence electrons. The Balaban J connectivity index is 3.19. The van der Waals surface area contributed by atoms with Crippen molar-refractivity contribution in [3.05, 3.63) is 34.9 Å². The van der Waals surface area contributed by atoms with Crippen LogP contribution >= 0.6 is 0 Å². The third kappa shape index (κ3) is 4.00. The van der Waals surface area contributed by atoms with Crippen molar-refractivity contribution in [2.75, 3.05) is 12.4 Å². The molecule has 4 nitrogen and oxygen atoms in total. The quantitative estimate of drug-likeness (QED) is 0.758. The van der Waals surface area contributed by atoms with E-state index in [1.807, 2.05) is 0 Å². The van der Waals surface area contributed by atoms with E-state index < -0.39 is 38.8 Å². The van der Waals surface area contributed by atoms with E-state index in [9.17, 15) is 22.0 Å². The number of halogens is 2. The van der Waals surface area contributed by atoms with E-state index in [0.29, 0.717) is 6.42 Å². The molecule has 1 aromatic carbocycles. The Kier molecular flexibility index (Phi) is 5.62. The third-order valence-electron chi connectivity index (χ3n) is 2.54. The molecule has 0 atom stereocenters. The minimum Gasteiger partial charge on any atom is -0.462 e. The Morgan fingerprint density at radius 1 is 1.25 bits per heavy atom. The summed E-state index contributed by atoms with van der Waals surface area (Å²) in [4.78, 5) is 11.5. The van der Waals surface area contributed by atoms with Crippen molar-refractivity contribution in [2.45, 2.75) is 26.0 Å². The molecule has 20 heavy (non-hydrogen) atoms. The van der Waals surface area contributed by atoms with Gasteiger partial charge in [0.25, 0.3) is 0 Å². The predicted octanol–water partition coefficient (Wildman–Crippen LogP) is 2.47. The van der Waals surface area contributed by atoms with Crippen molar-refractivity contribution in [3.63, 3.8) is 0 Å². The third-order valence-corrected chi connectivity index (χ3v) is 4.32. The van der Waals surface area contributed by atoms with Crippen molar-refractivity contribution < 1.29 is 26.7 Å². The Morgan fingerprint density at radius 3 is 2.45 bits per heavy atom. The van der Waals surface area contributed by atoms with E-state index in [1.165, 1.54) is 6.92 Å². The fourth-order valence-corrected chi connectivity index (χ4v) is 3.18. The second kappa shape index (κ2) is 6.78. The van der Waals surface area contributed by atoms with Crippen LogP contribution in [0.15, 0.2) is 12.1 Å². The lowest BCUT2D eigenvalue weighted by Gasteiger charge is -2.09. The van der Waals surface area contributed by atoms with Crippen LogP contribution in [-0.2, 0) is 20.3 Å². The van der Waals surface area contributed by atoms with Gasteiger partial charge in [-0.2, -0.15) is 0 Å². The van der Waals surface area contributed by atoms with Crippen LogP contribution in [0.5, 0.6) is 0 Å². The SMILES string of the molecule is CCCS(=O)(=O)Cc1ccc(F)c(C(=O)OCC)c1F. The summed E-state index contributed by atoms with van der Waals surface area (Å²) in [5.41, 5.74) is -1.08. The van der Waals surface area contributed by atoms with E-state index >= 15 is 0 Å². The number of hydrogen-bond donors (Lipinski definition) is 0. The summed E-state index contributed by atoms with van der Waals surface area (Å²) in [5.74, 6) is -4.06. The van der Waals surface area contributed by atoms with Crippen molar-refractivity contribution in [1.82, 2.24) is 0 Å². The molecular weight excluding hydrogens is 290 g/mol. The number of carbonyl (C=O) groups is 1. The van der Waals surface area contributed by atoms with Gasteiger partial charge in [0.15, 0.2) is 9.84 Å². The van der Waals surface area contributed by atoms with Gasteiger partial charge < -0.3 is 4.74 Å². The molecule has 0 fully saturated rings. The van der Waals surface area contributed by atoms with Crippen LogP contribution in [0.1, 0.15) is 36.2 Å². The van der Waals surface area contributed by atoms with Gasteiger partial charge in [0.2, 0.25) is 0 Å². The average Bonchev–Trinajstić information content (AvgIpc) is 2.33. The maximum absolute atomic E-state index is 14.1. The number of hydrogen-bond acceptors (Lipinski definition) is 4. The first-order valence-electron chi connectivity index (χ1n) is 6.16. The summed E-state index contributed by atoms with van der Waals surface area (Å²) in [6.45, 7) is 3.15. The first-order chi connectivity index (χ1) is 9.32. The van der Waals surface area contributed by atoms with Gasteiger partial charge in [0.1, 0.15) is 17.2 Å². The zero-order valence-corrected chi connectivity index (χ0v) is 12.1. The lowest BCUT2D eigenvalue weighted by atomic mass is 10.1. The van der Waals surface area contributed by atoms with Crippen LogP contribution in [0.4, 0.5) is 8.78 Å². The number of benzene rings is 1. The van der Waals surface area contributed by atoms with Gasteiger partial charge in [-0.1, -0.05) is 13.0 Å². The summed E-state index contributed by atoms with van der Waals surface area (Å²) >= 11 is 0. The molecule has 0 spiro atoms. The van der Waals surface area contributed by atoms with Crippen LogP contribution in [0.3, 0.4) is 0 Å². The molecule has 0 aromatic heterocycles. The molecule has 0 aliphatic carbocycles. The van der Waals surface area contributed by atoms with Gasteiger partial charge >= 0.3 is 5.97 Å². The van der Waals surface area contributed by atoms with Crippen LogP contribution < -0.4 is 0 Å². The van der Waals surface area contributed by atoms with Crippen LogP contribution in [0.25, 0.3) is 0 Å². The van der Waals surface area contributed by atoms with Gasteiger partial charge in [-0.25, -0.2) is 22.0 Å². The largest absolute Gasteiger partial charge is 0.462 e. The molecule has 1 rings (SSSR count). The molecule has 0 saturated heterocycles. The molecule has 0 saturated carbocycles. The summed E-state index contributed by atoms with van der Waals surface area (Å²) in [6.07, 6.45) is 0.399. The number of ether oxygens (including phenoxy) is 1. The molecule has 0 aliphatic rings. The van der Waals surface area contributed by atoms with Gasteiger partial charge in [0, 0.05) is 5.56 Å². The Hall–Kier alpha value is -1.50. The van der Waals surface area contributed by atoms with Gasteiger partial charge in [-0.15, -0.1) is 0 Å². The van der Waals surface area contributed by atoms with E-state index in [4.69, 9.17) is 0 Å². The summed E-state index contributed by atoms with van der Waals surface area (Å²) in [7, 11) is -3.49. The molecular formula is C13H16F2O4S. The zero-order valence-electron chi connectivity index (χ0n) is 11.3. The fraction of sp³-hybridized carbons (Fsp3) is 0.462. The monoisotopic (exact) mass is 306 g/mol. The zero-order chi connectivity index (χ0) is 15.3. The normalized spacial score (nSPS) is 11.4. The minimum atomic E-state index is -3.49. The second-order valence-corrected chi connectivity index (χ2v) is 6.39. The second-order valence-electron chi connectivity index (χ2n) is 4.21. The van der Waals surface area contributed by atoms with E-state index in [0.717, 1.165) is 12.1 Å². The molecule has 0 aliphatic heterocycles. The first-order valence-corrected chi connectivity index (χ1v) is 7.99. The standard InChI is InChI=1S/C13H16F2O4S/c1-3-7-20(17,18)8-9-5-6-10(14)11(12(9)15)13(16)19-4-2/h5-6H,3-4,7-8H2,1-2H3. The Bertz CT molecular complexity index is 597. The smallest absolute Gasteiger partial charge is 0.344 e. The molecule has 7 heteroatoms. The molecule has 0 heterocycles. The topological polar surface area (TPSA) is 60.4 Å². The maximum Gasteiger partial charge on any atom is 0.344 e. The van der Waals surface area contributed by atoms with Gasteiger partial charge in [0.05, 0.1) is 18.1 Å². The van der Waals surface area contributed by atoms with Crippen molar-refractivity contribution in [3.8, 4) is 0 Å². The lowest BCUT2D eigenvalue weighted by molar-refractivity contribution is 0.0515. The Morgan fingerprint density at radius 2 is 1.90 bits per heavy atom. The van der Waals surface area contributed by atoms with E-state index in [1.54, 1.807) is 6.92 Å². The molecule has 1 aromatic rings. The summed E-state index contributed by atoms with van der Waals surface area (Å²) in [5, 5.41) is 0.